The second-order valence-corrected chi connectivity index (χ2v) is 12.6. The smallest absolute Gasteiger partial charge is 0.262 e. The lowest BCUT2D eigenvalue weighted by atomic mass is 9.77. The van der Waals surface area contributed by atoms with Crippen molar-refractivity contribution in [3.8, 4) is 11.3 Å². The molecule has 7 rings (SSSR count). The molecule has 2 aromatic heterocycles. The van der Waals surface area contributed by atoms with Gasteiger partial charge in [-0.1, -0.05) is 6.07 Å². The molecule has 0 spiro atoms. The zero-order valence-electron chi connectivity index (χ0n) is 25.4. The van der Waals surface area contributed by atoms with Gasteiger partial charge in [0.25, 0.3) is 11.8 Å². The van der Waals surface area contributed by atoms with Crippen molar-refractivity contribution in [2.45, 2.75) is 50.6 Å². The van der Waals surface area contributed by atoms with Gasteiger partial charge in [-0.15, -0.1) is 0 Å². The van der Waals surface area contributed by atoms with Gasteiger partial charge in [0.15, 0.2) is 0 Å². The van der Waals surface area contributed by atoms with Gasteiger partial charge in [-0.2, -0.15) is 5.10 Å². The van der Waals surface area contributed by atoms with Crippen molar-refractivity contribution in [2.75, 3.05) is 50.0 Å². The highest BCUT2D eigenvalue weighted by molar-refractivity contribution is 6.23. The maximum absolute atomic E-state index is 13.1. The van der Waals surface area contributed by atoms with Gasteiger partial charge < -0.3 is 15.1 Å². The summed E-state index contributed by atoms with van der Waals surface area (Å²) < 4.78 is 2.09. The van der Waals surface area contributed by atoms with Gasteiger partial charge in [0, 0.05) is 56.6 Å². The summed E-state index contributed by atoms with van der Waals surface area (Å²) in [4.78, 5) is 60.4. The number of rotatable bonds is 9. The Balaban J connectivity index is 0.871. The number of carbonyl (C=O) groups is 4. The maximum Gasteiger partial charge on any atom is 0.262 e. The first-order chi connectivity index (χ1) is 21.8. The highest BCUT2D eigenvalue weighted by Gasteiger charge is 2.44. The van der Waals surface area contributed by atoms with Crippen LogP contribution in [-0.2, 0) is 9.59 Å². The molecule has 1 unspecified atom stereocenters. The van der Waals surface area contributed by atoms with E-state index in [0.717, 1.165) is 86.1 Å². The first-order valence-electron chi connectivity index (χ1n) is 15.9. The van der Waals surface area contributed by atoms with E-state index < -0.39 is 23.8 Å². The Bertz CT molecular complexity index is 1640. The fourth-order valence-electron chi connectivity index (χ4n) is 6.82. The van der Waals surface area contributed by atoms with Crippen molar-refractivity contribution in [3.63, 3.8) is 0 Å². The first kappa shape index (κ1) is 29.1. The van der Waals surface area contributed by atoms with Crippen LogP contribution in [0, 0.1) is 5.92 Å². The predicted molar refractivity (Wildman–Crippen MR) is 168 cm³/mol. The Kier molecular flexibility index (Phi) is 7.82. The number of likely N-dealkylation sites (N-methyl/N-ethyl adjacent to an activating group) is 1. The second-order valence-electron chi connectivity index (χ2n) is 12.6. The van der Waals surface area contributed by atoms with E-state index in [1.54, 1.807) is 18.2 Å². The Morgan fingerprint density at radius 1 is 0.978 bits per heavy atom. The molecule has 1 aromatic carbocycles. The summed E-state index contributed by atoms with van der Waals surface area (Å²) in [6.45, 7) is 4.83. The van der Waals surface area contributed by atoms with Crippen LogP contribution in [0.15, 0.2) is 48.8 Å². The summed E-state index contributed by atoms with van der Waals surface area (Å²) in [5, 5.41) is 10.3. The summed E-state index contributed by atoms with van der Waals surface area (Å²) in [6, 6.07) is 10.8. The third-order valence-electron chi connectivity index (χ3n) is 9.60. The summed E-state index contributed by atoms with van der Waals surface area (Å²) in [5.74, 6) is -0.300. The number of amides is 4. The lowest BCUT2D eigenvalue weighted by molar-refractivity contribution is -0.136. The van der Waals surface area contributed by atoms with Crippen LogP contribution in [0.3, 0.4) is 0 Å². The minimum absolute atomic E-state index is 0.102. The number of pyridine rings is 1. The van der Waals surface area contributed by atoms with E-state index in [0.29, 0.717) is 12.0 Å². The number of anilines is 2. The zero-order valence-corrected chi connectivity index (χ0v) is 25.4. The fraction of sp³-hybridized carbons (Fsp3) is 0.455. The average Bonchev–Trinajstić information content (AvgIpc) is 3.59. The van der Waals surface area contributed by atoms with Gasteiger partial charge in [0.2, 0.25) is 11.8 Å². The number of hydrogen-bond acceptors (Lipinski definition) is 9. The molecule has 4 amide bonds. The van der Waals surface area contributed by atoms with Crippen molar-refractivity contribution in [2.24, 2.45) is 5.92 Å². The van der Waals surface area contributed by atoms with Crippen LogP contribution in [0.2, 0.25) is 0 Å². The van der Waals surface area contributed by atoms with Crippen molar-refractivity contribution in [1.82, 2.24) is 29.9 Å². The molecular weight excluding hydrogens is 572 g/mol. The molecule has 3 aliphatic heterocycles. The van der Waals surface area contributed by atoms with Gasteiger partial charge in [-0.05, 0) is 75.4 Å². The van der Waals surface area contributed by atoms with E-state index in [1.165, 1.54) is 0 Å². The van der Waals surface area contributed by atoms with Gasteiger partial charge in [-0.3, -0.25) is 34.1 Å². The maximum atomic E-state index is 13.1. The first-order valence-corrected chi connectivity index (χ1v) is 15.9. The van der Waals surface area contributed by atoms with Crippen LogP contribution >= 0.6 is 0 Å². The molecule has 3 aromatic rings. The molecule has 1 saturated carbocycles. The molecule has 0 bridgehead atoms. The van der Waals surface area contributed by atoms with Crippen LogP contribution in [0.25, 0.3) is 11.3 Å². The summed E-state index contributed by atoms with van der Waals surface area (Å²) in [5.41, 5.74) is 3.35. The van der Waals surface area contributed by atoms with Gasteiger partial charge in [-0.25, -0.2) is 4.98 Å². The molecule has 45 heavy (non-hydrogen) atoms. The monoisotopic (exact) mass is 610 g/mol. The number of nitrogens with one attached hydrogen (secondary N) is 2. The molecule has 12 heteroatoms. The summed E-state index contributed by atoms with van der Waals surface area (Å²) in [7, 11) is 2.16. The van der Waals surface area contributed by atoms with Gasteiger partial charge >= 0.3 is 0 Å². The van der Waals surface area contributed by atoms with E-state index in [2.05, 4.69) is 61.7 Å². The van der Waals surface area contributed by atoms with E-state index in [4.69, 9.17) is 4.98 Å². The number of benzene rings is 1. The Morgan fingerprint density at radius 2 is 1.78 bits per heavy atom. The SMILES string of the molecule is CN1CCN(c2cccc(-c3cnn([C@H]4C[C@H](CCCNc5ccc6c(c5)C(=O)N(C5CCC(=O)NC5=O)C6=O)C4)c3)n2)CC1. The number of imide groups is 2. The molecule has 12 nitrogen and oxygen atoms in total. The van der Waals surface area contributed by atoms with Crippen molar-refractivity contribution in [3.05, 3.63) is 59.9 Å². The number of aromatic nitrogens is 3. The van der Waals surface area contributed by atoms with E-state index in [1.807, 2.05) is 6.20 Å². The third kappa shape index (κ3) is 5.82. The van der Waals surface area contributed by atoms with E-state index in [9.17, 15) is 19.2 Å². The second kappa shape index (κ2) is 12.1. The highest BCUT2D eigenvalue weighted by atomic mass is 16.2. The summed E-state index contributed by atoms with van der Waals surface area (Å²) >= 11 is 0. The standard InChI is InChI=1S/C33H38N8O4/c1-38-12-14-39(15-13-38)29-6-2-5-27(36-29)22-19-35-40(20-22)24-16-21(17-24)4-3-11-34-23-7-8-25-26(18-23)33(45)41(32(25)44)28-9-10-30(42)37-31(28)43/h2,5-8,18-21,24,28,34H,3-4,9-17H2,1H3,(H,37,42,43)/t21-,24-,28?. The van der Waals surface area contributed by atoms with E-state index in [-0.39, 0.29) is 29.9 Å². The minimum atomic E-state index is -0.957. The Hall–Kier alpha value is -4.58. The minimum Gasteiger partial charge on any atom is -0.385 e. The number of piperazine rings is 1. The third-order valence-corrected chi connectivity index (χ3v) is 9.60. The predicted octanol–water partition coefficient (Wildman–Crippen LogP) is 2.94. The molecule has 0 radical (unpaired) electrons. The number of carbonyl (C=O) groups excluding carboxylic acids is 4. The van der Waals surface area contributed by atoms with Gasteiger partial charge in [0.05, 0.1) is 29.1 Å². The van der Waals surface area contributed by atoms with Crippen LogP contribution < -0.4 is 15.5 Å². The molecule has 1 atom stereocenters. The van der Waals surface area contributed by atoms with Crippen LogP contribution in [-0.4, -0.2) is 94.0 Å². The van der Waals surface area contributed by atoms with Crippen LogP contribution in [0.5, 0.6) is 0 Å². The van der Waals surface area contributed by atoms with Crippen LogP contribution in [0.4, 0.5) is 11.5 Å². The normalized spacial score (nSPS) is 23.6. The molecule has 2 saturated heterocycles. The number of hydrogen-bond donors (Lipinski definition) is 2. The molecule has 1 aliphatic carbocycles. The largest absolute Gasteiger partial charge is 0.385 e. The van der Waals surface area contributed by atoms with Gasteiger partial charge in [0.1, 0.15) is 11.9 Å². The molecule has 234 valence electrons. The quantitative estimate of drug-likeness (QED) is 0.277. The van der Waals surface area contributed by atoms with Crippen LogP contribution in [0.1, 0.15) is 65.3 Å². The lowest BCUT2D eigenvalue weighted by Crippen LogP contribution is -2.54. The van der Waals surface area contributed by atoms with Crippen molar-refractivity contribution < 1.29 is 19.2 Å². The Morgan fingerprint density at radius 3 is 2.58 bits per heavy atom. The Labute approximate surface area is 261 Å². The topological polar surface area (TPSA) is 133 Å². The zero-order chi connectivity index (χ0) is 31.1. The number of fused-ring (bicyclic) bond motifs is 1. The fourth-order valence-corrected chi connectivity index (χ4v) is 6.82. The average molecular weight is 611 g/mol. The number of nitrogens with zero attached hydrogens (tertiary/aromatic N) is 6. The molecular formula is C33H38N8O4. The number of piperidine rings is 1. The van der Waals surface area contributed by atoms with Crippen molar-refractivity contribution in [1.29, 1.82) is 0 Å². The van der Waals surface area contributed by atoms with Crippen molar-refractivity contribution >= 4 is 35.1 Å². The molecule has 2 N–H and O–H groups in total. The summed E-state index contributed by atoms with van der Waals surface area (Å²) in [6.07, 6.45) is 8.57. The lowest BCUT2D eigenvalue weighted by Gasteiger charge is -2.35. The molecule has 3 fully saturated rings. The van der Waals surface area contributed by atoms with E-state index >= 15 is 0 Å². The molecule has 4 aliphatic rings. The highest BCUT2D eigenvalue weighted by Crippen LogP contribution is 2.40. The molecule has 5 heterocycles.